The average Bonchev–Trinajstić information content (AvgIpc) is 2.67. The lowest BCUT2D eigenvalue weighted by Gasteiger charge is -2.17. The van der Waals surface area contributed by atoms with E-state index in [0.29, 0.717) is 22.5 Å². The van der Waals surface area contributed by atoms with Crippen LogP contribution in [0.2, 0.25) is 0 Å². The van der Waals surface area contributed by atoms with E-state index >= 15 is 0 Å². The highest BCUT2D eigenvalue weighted by Gasteiger charge is 2.27. The van der Waals surface area contributed by atoms with Gasteiger partial charge >= 0.3 is 0 Å². The van der Waals surface area contributed by atoms with Crippen molar-refractivity contribution < 1.29 is 9.59 Å². The summed E-state index contributed by atoms with van der Waals surface area (Å²) in [6.07, 6.45) is 0.0169. The number of carbonyl (C=O) groups is 2. The standard InChI is InChI=1S/C22H19BrN2O2/c23-15-11-9-14(10-12-15)18(22(27)17-6-2-4-8-20(17)25)13-21(26)16-5-1-3-7-19(16)24/h1-12,18H,13,24-25H2. The number of hydrogen-bond donors (Lipinski definition) is 2. The molecule has 3 rings (SSSR count). The molecule has 0 aliphatic rings. The smallest absolute Gasteiger partial charge is 0.172 e. The summed E-state index contributed by atoms with van der Waals surface area (Å²) in [6.45, 7) is 0. The third-order valence-electron chi connectivity index (χ3n) is 4.47. The molecule has 0 saturated heterocycles. The largest absolute Gasteiger partial charge is 0.398 e. The molecule has 27 heavy (non-hydrogen) atoms. The van der Waals surface area contributed by atoms with Gasteiger partial charge in [0, 0.05) is 33.4 Å². The molecule has 0 saturated carbocycles. The van der Waals surface area contributed by atoms with Gasteiger partial charge in [-0.15, -0.1) is 0 Å². The first-order valence-electron chi connectivity index (χ1n) is 8.49. The van der Waals surface area contributed by atoms with Crippen molar-refractivity contribution in [3.63, 3.8) is 0 Å². The minimum Gasteiger partial charge on any atom is -0.398 e. The molecule has 0 heterocycles. The highest BCUT2D eigenvalue weighted by Crippen LogP contribution is 2.30. The number of para-hydroxylation sites is 2. The Kier molecular flexibility index (Phi) is 5.72. The van der Waals surface area contributed by atoms with Crippen molar-refractivity contribution in [2.75, 3.05) is 11.5 Å². The molecule has 5 heteroatoms. The number of nitrogen functional groups attached to an aromatic ring is 2. The molecular weight excluding hydrogens is 404 g/mol. The fourth-order valence-electron chi connectivity index (χ4n) is 3.01. The van der Waals surface area contributed by atoms with E-state index in [4.69, 9.17) is 11.5 Å². The summed E-state index contributed by atoms with van der Waals surface area (Å²) < 4.78 is 0.898. The number of Topliss-reactive ketones (excluding diaryl/α,β-unsaturated/α-hetero) is 2. The second-order valence-corrected chi connectivity index (χ2v) is 7.19. The van der Waals surface area contributed by atoms with Crippen LogP contribution in [-0.4, -0.2) is 11.6 Å². The van der Waals surface area contributed by atoms with Gasteiger partial charge < -0.3 is 11.5 Å². The zero-order chi connectivity index (χ0) is 19.4. The summed E-state index contributed by atoms with van der Waals surface area (Å²) in [6, 6.07) is 21.2. The van der Waals surface area contributed by atoms with E-state index in [1.54, 1.807) is 48.5 Å². The molecule has 4 nitrogen and oxygen atoms in total. The maximum atomic E-state index is 13.2. The lowest BCUT2D eigenvalue weighted by Crippen LogP contribution is -2.19. The van der Waals surface area contributed by atoms with Crippen LogP contribution in [0, 0.1) is 0 Å². The van der Waals surface area contributed by atoms with Gasteiger partial charge in [0.1, 0.15) is 0 Å². The molecule has 0 amide bonds. The molecule has 0 aliphatic heterocycles. The predicted octanol–water partition coefficient (Wildman–Crippen LogP) is 4.85. The van der Waals surface area contributed by atoms with Gasteiger partial charge in [-0.25, -0.2) is 0 Å². The van der Waals surface area contributed by atoms with Crippen LogP contribution < -0.4 is 11.5 Å². The van der Waals surface area contributed by atoms with Crippen molar-refractivity contribution in [3.05, 3.63) is 94.0 Å². The summed E-state index contributed by atoms with van der Waals surface area (Å²) in [5, 5.41) is 0. The Balaban J connectivity index is 1.99. The van der Waals surface area contributed by atoms with Crippen LogP contribution in [0.5, 0.6) is 0 Å². The summed E-state index contributed by atoms with van der Waals surface area (Å²) in [7, 11) is 0. The van der Waals surface area contributed by atoms with Gasteiger partial charge in [-0.1, -0.05) is 52.3 Å². The average molecular weight is 423 g/mol. The Labute approximate surface area is 166 Å². The van der Waals surface area contributed by atoms with Gasteiger partial charge in [-0.05, 0) is 42.0 Å². The Hall–Kier alpha value is -2.92. The van der Waals surface area contributed by atoms with Crippen LogP contribution >= 0.6 is 15.9 Å². The second-order valence-electron chi connectivity index (χ2n) is 6.27. The first-order valence-corrected chi connectivity index (χ1v) is 9.28. The normalized spacial score (nSPS) is 11.7. The number of halogens is 1. The molecule has 0 aromatic heterocycles. The molecule has 0 aliphatic carbocycles. The number of ketones is 2. The lowest BCUT2D eigenvalue weighted by atomic mass is 9.85. The lowest BCUT2D eigenvalue weighted by molar-refractivity contribution is 0.0894. The van der Waals surface area contributed by atoms with E-state index in [2.05, 4.69) is 15.9 Å². The van der Waals surface area contributed by atoms with Crippen LogP contribution in [0.4, 0.5) is 11.4 Å². The zero-order valence-electron chi connectivity index (χ0n) is 14.6. The minimum absolute atomic E-state index is 0.0169. The van der Waals surface area contributed by atoms with E-state index in [9.17, 15) is 9.59 Å². The molecular formula is C22H19BrN2O2. The van der Waals surface area contributed by atoms with Crippen LogP contribution in [0.1, 0.15) is 38.6 Å². The van der Waals surface area contributed by atoms with E-state index in [-0.39, 0.29) is 18.0 Å². The van der Waals surface area contributed by atoms with E-state index in [0.717, 1.165) is 10.0 Å². The number of hydrogen-bond acceptors (Lipinski definition) is 4. The second kappa shape index (κ2) is 8.18. The Bertz CT molecular complexity index is 984. The molecule has 0 radical (unpaired) electrons. The van der Waals surface area contributed by atoms with Gasteiger partial charge in [0.05, 0.1) is 5.92 Å². The van der Waals surface area contributed by atoms with Crippen molar-refractivity contribution in [2.24, 2.45) is 0 Å². The van der Waals surface area contributed by atoms with Crippen LogP contribution in [-0.2, 0) is 0 Å². The fraction of sp³-hybridized carbons (Fsp3) is 0.0909. The molecule has 0 bridgehead atoms. The summed E-state index contributed by atoms with van der Waals surface area (Å²) >= 11 is 3.40. The number of anilines is 2. The molecule has 136 valence electrons. The summed E-state index contributed by atoms with van der Waals surface area (Å²) in [5.74, 6) is -1.00. The highest BCUT2D eigenvalue weighted by molar-refractivity contribution is 9.10. The van der Waals surface area contributed by atoms with E-state index in [1.165, 1.54) is 0 Å². The fourth-order valence-corrected chi connectivity index (χ4v) is 3.28. The molecule has 3 aromatic rings. The van der Waals surface area contributed by atoms with Crippen molar-refractivity contribution in [1.29, 1.82) is 0 Å². The van der Waals surface area contributed by atoms with Gasteiger partial charge in [0.25, 0.3) is 0 Å². The minimum atomic E-state index is -0.644. The Morgan fingerprint density at radius 1 is 0.778 bits per heavy atom. The maximum Gasteiger partial charge on any atom is 0.172 e. The highest BCUT2D eigenvalue weighted by atomic mass is 79.9. The third-order valence-corrected chi connectivity index (χ3v) is 4.99. The molecule has 1 atom stereocenters. The van der Waals surface area contributed by atoms with Gasteiger partial charge in [-0.2, -0.15) is 0 Å². The van der Waals surface area contributed by atoms with Crippen LogP contribution in [0.15, 0.2) is 77.3 Å². The number of rotatable bonds is 6. The Morgan fingerprint density at radius 2 is 1.30 bits per heavy atom. The van der Waals surface area contributed by atoms with Gasteiger partial charge in [0.2, 0.25) is 0 Å². The van der Waals surface area contributed by atoms with Crippen molar-refractivity contribution in [3.8, 4) is 0 Å². The number of nitrogens with two attached hydrogens (primary N) is 2. The number of benzene rings is 3. The molecule has 0 spiro atoms. The number of carbonyl (C=O) groups excluding carboxylic acids is 2. The van der Waals surface area contributed by atoms with E-state index in [1.807, 2.05) is 24.3 Å². The van der Waals surface area contributed by atoms with Crippen LogP contribution in [0.3, 0.4) is 0 Å². The van der Waals surface area contributed by atoms with E-state index < -0.39 is 5.92 Å². The van der Waals surface area contributed by atoms with Crippen molar-refractivity contribution in [1.82, 2.24) is 0 Å². The monoisotopic (exact) mass is 422 g/mol. The van der Waals surface area contributed by atoms with Crippen molar-refractivity contribution >= 4 is 38.9 Å². The van der Waals surface area contributed by atoms with Gasteiger partial charge in [0.15, 0.2) is 11.6 Å². The molecule has 3 aromatic carbocycles. The van der Waals surface area contributed by atoms with Crippen LogP contribution in [0.25, 0.3) is 0 Å². The Morgan fingerprint density at radius 3 is 1.85 bits per heavy atom. The molecule has 4 N–H and O–H groups in total. The predicted molar refractivity (Wildman–Crippen MR) is 112 cm³/mol. The van der Waals surface area contributed by atoms with Crippen molar-refractivity contribution in [2.45, 2.75) is 12.3 Å². The SMILES string of the molecule is Nc1ccccc1C(=O)CC(C(=O)c1ccccc1N)c1ccc(Br)cc1. The quantitative estimate of drug-likeness (QED) is 0.438. The van der Waals surface area contributed by atoms with Gasteiger partial charge in [-0.3, -0.25) is 9.59 Å². The summed E-state index contributed by atoms with van der Waals surface area (Å²) in [5.41, 5.74) is 14.3. The molecule has 0 fully saturated rings. The first-order chi connectivity index (χ1) is 13.0. The topological polar surface area (TPSA) is 86.2 Å². The zero-order valence-corrected chi connectivity index (χ0v) is 16.1. The molecule has 1 unspecified atom stereocenters. The summed E-state index contributed by atoms with van der Waals surface area (Å²) in [4.78, 5) is 26.1. The first kappa shape index (κ1) is 18.9. The third kappa shape index (κ3) is 4.26. The maximum absolute atomic E-state index is 13.2.